The van der Waals surface area contributed by atoms with Gasteiger partial charge in [0.05, 0.1) is 12.5 Å². The molecule has 1 saturated heterocycles. The summed E-state index contributed by atoms with van der Waals surface area (Å²) in [5, 5.41) is 29.0. The first kappa shape index (κ1) is 29.6. The molecule has 0 unspecified atom stereocenters. The maximum Gasteiger partial charge on any atom is 0.345 e. The zero-order chi connectivity index (χ0) is 28.5. The first-order valence-corrected chi connectivity index (χ1v) is 11.3. The molecule has 1 aliphatic heterocycles. The van der Waals surface area contributed by atoms with Gasteiger partial charge < -0.3 is 26.4 Å². The average molecular weight is 529 g/mol. The molecule has 13 nitrogen and oxygen atoms in total. The molecule has 2 aromatic rings. The molecule has 3 amide bonds. The van der Waals surface area contributed by atoms with Crippen LogP contribution in [0.1, 0.15) is 24.0 Å². The van der Waals surface area contributed by atoms with Gasteiger partial charge in [-0.2, -0.15) is 0 Å². The lowest BCUT2D eigenvalue weighted by atomic mass is 9.94. The minimum atomic E-state index is -2.01. The van der Waals surface area contributed by atoms with Gasteiger partial charge in [0, 0.05) is 12.8 Å². The van der Waals surface area contributed by atoms with Crippen molar-refractivity contribution in [2.75, 3.05) is 0 Å². The van der Waals surface area contributed by atoms with Crippen LogP contribution in [0.15, 0.2) is 60.7 Å². The molecule has 13 heteroatoms. The smallest absolute Gasteiger partial charge is 0.345 e. The summed E-state index contributed by atoms with van der Waals surface area (Å²) in [4.78, 5) is 67.8. The molecule has 0 saturated carbocycles. The monoisotopic (exact) mass is 528 g/mol. The predicted molar refractivity (Wildman–Crippen MR) is 131 cm³/mol. The highest BCUT2D eigenvalue weighted by atomic mass is 16.4. The molecule has 1 heterocycles. The highest BCUT2D eigenvalue weighted by molar-refractivity contribution is 6.17. The molecule has 202 valence electrons. The van der Waals surface area contributed by atoms with Crippen molar-refractivity contribution in [1.82, 2.24) is 10.2 Å². The fraction of sp³-hybridized carbons (Fsp3) is 0.280. The summed E-state index contributed by atoms with van der Waals surface area (Å²) in [6, 6.07) is 15.0. The molecule has 0 aliphatic carbocycles. The van der Waals surface area contributed by atoms with E-state index in [0.717, 1.165) is 5.56 Å². The minimum absolute atomic E-state index is 0.0989. The van der Waals surface area contributed by atoms with E-state index in [2.05, 4.69) is 5.32 Å². The SMILES string of the molecule is N[C@@H](CC(=O)O)C(=O)N[C@@H](Cc1ccccc1)C(=O)O.N[C@](Cc1ccccc1)(C(=O)O)N1C(=O)CC1=O. The fourth-order valence-corrected chi connectivity index (χ4v) is 3.55. The number of carboxylic acids is 3. The molecule has 2 aromatic carbocycles. The number of imide groups is 1. The van der Waals surface area contributed by atoms with Gasteiger partial charge in [-0.1, -0.05) is 60.7 Å². The number of β-lactam (4-membered cyclic amide) rings is 2. The van der Waals surface area contributed by atoms with E-state index in [0.29, 0.717) is 10.5 Å². The van der Waals surface area contributed by atoms with Gasteiger partial charge in [0.2, 0.25) is 23.4 Å². The highest BCUT2D eigenvalue weighted by Crippen LogP contribution is 2.24. The van der Waals surface area contributed by atoms with Gasteiger partial charge in [-0.3, -0.25) is 29.8 Å². The molecule has 0 bridgehead atoms. The van der Waals surface area contributed by atoms with Crippen molar-refractivity contribution in [3.8, 4) is 0 Å². The first-order chi connectivity index (χ1) is 17.8. The summed E-state index contributed by atoms with van der Waals surface area (Å²) in [6.07, 6.45) is -0.840. The number of nitrogens with two attached hydrogens (primary N) is 2. The van der Waals surface area contributed by atoms with Gasteiger partial charge in [-0.25, -0.2) is 9.59 Å². The van der Waals surface area contributed by atoms with E-state index in [9.17, 15) is 33.9 Å². The van der Waals surface area contributed by atoms with Crippen molar-refractivity contribution >= 4 is 35.6 Å². The van der Waals surface area contributed by atoms with Crippen LogP contribution in [0.4, 0.5) is 0 Å². The highest BCUT2D eigenvalue weighted by Gasteiger charge is 2.52. The fourth-order valence-electron chi connectivity index (χ4n) is 3.55. The Balaban J connectivity index is 0.000000268. The van der Waals surface area contributed by atoms with Gasteiger partial charge in [0.25, 0.3) is 0 Å². The number of rotatable bonds is 11. The first-order valence-electron chi connectivity index (χ1n) is 11.3. The van der Waals surface area contributed by atoms with E-state index in [1.807, 2.05) is 0 Å². The van der Waals surface area contributed by atoms with Crippen molar-refractivity contribution in [2.45, 2.75) is 43.4 Å². The van der Waals surface area contributed by atoms with Gasteiger partial charge in [-0.05, 0) is 11.1 Å². The summed E-state index contributed by atoms with van der Waals surface area (Å²) in [7, 11) is 0. The average Bonchev–Trinajstić information content (AvgIpc) is 2.84. The summed E-state index contributed by atoms with van der Waals surface area (Å²) in [5.74, 6) is -5.72. The minimum Gasteiger partial charge on any atom is -0.481 e. The maximum absolute atomic E-state index is 11.6. The zero-order valence-corrected chi connectivity index (χ0v) is 20.1. The van der Waals surface area contributed by atoms with Crippen LogP contribution >= 0.6 is 0 Å². The standard InChI is InChI=1S/C13H16N2O5.C12H12N2O4/c14-9(7-11(16)17)12(18)15-10(13(19)20)6-8-4-2-1-3-5-8;13-12(11(17)18,14-9(15)6-10(14)16)7-8-4-2-1-3-5-8/h1-5,9-10H,6-7,14H2,(H,15,18)(H,16,17)(H,19,20);1-5H,6-7,13H2,(H,17,18)/t9-,10-;12-/m00/s1. The quantitative estimate of drug-likeness (QED) is 0.158. The second-order valence-electron chi connectivity index (χ2n) is 8.48. The van der Waals surface area contributed by atoms with Gasteiger partial charge >= 0.3 is 17.9 Å². The molecule has 8 N–H and O–H groups in total. The van der Waals surface area contributed by atoms with Crippen LogP contribution in [0.5, 0.6) is 0 Å². The number of hydrogen-bond acceptors (Lipinski definition) is 8. The number of carbonyl (C=O) groups excluding carboxylic acids is 3. The summed E-state index contributed by atoms with van der Waals surface area (Å²) in [6.45, 7) is 0. The second kappa shape index (κ2) is 13.1. The molecule has 0 aromatic heterocycles. The third-order valence-electron chi connectivity index (χ3n) is 5.52. The van der Waals surface area contributed by atoms with E-state index in [1.165, 1.54) is 0 Å². The molecule has 0 spiro atoms. The Bertz CT molecular complexity index is 1180. The summed E-state index contributed by atoms with van der Waals surface area (Å²) in [5.41, 5.74) is 10.5. The van der Waals surface area contributed by atoms with E-state index in [-0.39, 0.29) is 19.3 Å². The number of amides is 3. The molecule has 0 radical (unpaired) electrons. The number of aliphatic carboxylic acids is 3. The number of likely N-dealkylation sites (tertiary alicyclic amines) is 1. The Morgan fingerprint density at radius 3 is 1.82 bits per heavy atom. The Kier molecular flexibility index (Phi) is 10.2. The lowest BCUT2D eigenvalue weighted by Gasteiger charge is -2.41. The number of nitrogens with one attached hydrogen (secondary N) is 1. The lowest BCUT2D eigenvalue weighted by Crippen LogP contribution is -2.71. The molecular formula is C25H28N4O9. The topological polar surface area (TPSA) is 230 Å². The molecule has 1 fully saturated rings. The summed E-state index contributed by atoms with van der Waals surface area (Å²) >= 11 is 0. The normalized spacial score (nSPS) is 15.6. The van der Waals surface area contributed by atoms with Gasteiger partial charge in [0.1, 0.15) is 12.5 Å². The lowest BCUT2D eigenvalue weighted by molar-refractivity contribution is -0.176. The van der Waals surface area contributed by atoms with Crippen LogP contribution in [0, 0.1) is 0 Å². The number of benzene rings is 2. The van der Waals surface area contributed by atoms with Gasteiger partial charge in [0.15, 0.2) is 0 Å². The van der Waals surface area contributed by atoms with E-state index >= 15 is 0 Å². The summed E-state index contributed by atoms with van der Waals surface area (Å²) < 4.78 is 0. The van der Waals surface area contributed by atoms with Crippen LogP contribution < -0.4 is 16.8 Å². The van der Waals surface area contributed by atoms with E-state index in [1.54, 1.807) is 60.7 Å². The number of carboxylic acid groups (broad SMARTS) is 3. The molecule has 3 rings (SSSR count). The van der Waals surface area contributed by atoms with Crippen LogP contribution in [0.3, 0.4) is 0 Å². The van der Waals surface area contributed by atoms with Crippen molar-refractivity contribution < 1.29 is 44.1 Å². The third-order valence-corrected chi connectivity index (χ3v) is 5.52. The Labute approximate surface area is 217 Å². The Hall–Kier alpha value is -4.62. The van der Waals surface area contributed by atoms with Gasteiger partial charge in [-0.15, -0.1) is 0 Å². The number of hydrogen-bond donors (Lipinski definition) is 6. The molecule has 3 atom stereocenters. The van der Waals surface area contributed by atoms with Crippen LogP contribution in [0.25, 0.3) is 0 Å². The molecule has 38 heavy (non-hydrogen) atoms. The van der Waals surface area contributed by atoms with Crippen molar-refractivity contribution in [3.63, 3.8) is 0 Å². The molecular weight excluding hydrogens is 500 g/mol. The van der Waals surface area contributed by atoms with E-state index < -0.39 is 59.8 Å². The molecule has 1 aliphatic rings. The van der Waals surface area contributed by atoms with Crippen LogP contribution in [-0.2, 0) is 41.6 Å². The predicted octanol–water partition coefficient (Wildman–Crippen LogP) is -0.672. The van der Waals surface area contributed by atoms with Crippen molar-refractivity contribution in [1.29, 1.82) is 0 Å². The number of carbonyl (C=O) groups is 6. The Morgan fingerprint density at radius 2 is 1.39 bits per heavy atom. The van der Waals surface area contributed by atoms with Crippen molar-refractivity contribution in [3.05, 3.63) is 71.8 Å². The van der Waals surface area contributed by atoms with Crippen molar-refractivity contribution in [2.24, 2.45) is 11.5 Å². The van der Waals surface area contributed by atoms with E-state index in [4.69, 9.17) is 21.7 Å². The van der Waals surface area contributed by atoms with Crippen LogP contribution in [0.2, 0.25) is 0 Å². The maximum atomic E-state index is 11.6. The van der Waals surface area contributed by atoms with Crippen LogP contribution in [-0.4, -0.2) is 73.6 Å². The Morgan fingerprint density at radius 1 is 0.895 bits per heavy atom. The largest absolute Gasteiger partial charge is 0.481 e. The zero-order valence-electron chi connectivity index (χ0n) is 20.1. The third kappa shape index (κ3) is 7.94. The second-order valence-corrected chi connectivity index (χ2v) is 8.48. The number of nitrogens with zero attached hydrogens (tertiary/aromatic N) is 1.